The smallest absolute Gasteiger partial charge is 0.159 e. The number of nitrogens with zero attached hydrogens (tertiary/aromatic N) is 6. The maximum absolute atomic E-state index is 5.47. The lowest BCUT2D eigenvalue weighted by Gasteiger charge is -2.33. The number of hydrogen-bond donors (Lipinski definition) is 0. The lowest BCUT2D eigenvalue weighted by Crippen LogP contribution is -2.37. The van der Waals surface area contributed by atoms with Gasteiger partial charge in [-0.2, -0.15) is 5.10 Å². The molecular formula is C15H24N6O. The van der Waals surface area contributed by atoms with Gasteiger partial charge >= 0.3 is 0 Å². The summed E-state index contributed by atoms with van der Waals surface area (Å²) >= 11 is 0. The molecular weight excluding hydrogens is 280 g/mol. The molecule has 3 heterocycles. The van der Waals surface area contributed by atoms with Crippen LogP contribution in [0, 0.1) is 6.92 Å². The van der Waals surface area contributed by atoms with E-state index in [4.69, 9.17) is 4.74 Å². The predicted molar refractivity (Wildman–Crippen MR) is 82.1 cm³/mol. The topological polar surface area (TPSA) is 61.0 Å². The van der Waals surface area contributed by atoms with Gasteiger partial charge in [0.15, 0.2) is 5.82 Å². The third kappa shape index (κ3) is 2.78. The zero-order valence-electron chi connectivity index (χ0n) is 13.8. The van der Waals surface area contributed by atoms with E-state index in [1.54, 1.807) is 0 Å². The Kier molecular flexibility index (Phi) is 4.26. The summed E-state index contributed by atoms with van der Waals surface area (Å²) in [7, 11) is 2.00. The molecule has 0 aliphatic carbocycles. The summed E-state index contributed by atoms with van der Waals surface area (Å²) in [6.07, 6.45) is 0. The maximum Gasteiger partial charge on any atom is 0.159 e. The van der Waals surface area contributed by atoms with Crippen molar-refractivity contribution in [2.45, 2.75) is 46.5 Å². The van der Waals surface area contributed by atoms with Crippen molar-refractivity contribution in [2.75, 3.05) is 13.2 Å². The van der Waals surface area contributed by atoms with E-state index in [1.807, 2.05) is 25.6 Å². The van der Waals surface area contributed by atoms with E-state index >= 15 is 0 Å². The summed E-state index contributed by atoms with van der Waals surface area (Å²) in [5.41, 5.74) is 2.29. The quantitative estimate of drug-likeness (QED) is 0.836. The fourth-order valence-electron chi connectivity index (χ4n) is 3.02. The largest absolute Gasteiger partial charge is 0.374 e. The van der Waals surface area contributed by atoms with Crippen molar-refractivity contribution in [2.24, 2.45) is 7.05 Å². The van der Waals surface area contributed by atoms with Crippen LogP contribution < -0.4 is 0 Å². The lowest BCUT2D eigenvalue weighted by atomic mass is 10.2. The first-order chi connectivity index (χ1) is 10.6. The molecule has 0 unspecified atom stereocenters. The van der Waals surface area contributed by atoms with Crippen molar-refractivity contribution < 1.29 is 4.74 Å². The zero-order chi connectivity index (χ0) is 15.7. The second-order valence-corrected chi connectivity index (χ2v) is 5.81. The van der Waals surface area contributed by atoms with Crippen LogP contribution in [0.4, 0.5) is 0 Å². The molecule has 3 rings (SSSR count). The van der Waals surface area contributed by atoms with Gasteiger partial charge in [0.2, 0.25) is 0 Å². The van der Waals surface area contributed by atoms with E-state index in [0.29, 0.717) is 13.2 Å². The molecule has 0 saturated heterocycles. The van der Waals surface area contributed by atoms with Gasteiger partial charge in [-0.15, -0.1) is 10.2 Å². The van der Waals surface area contributed by atoms with Crippen molar-refractivity contribution in [1.29, 1.82) is 0 Å². The van der Waals surface area contributed by atoms with Crippen molar-refractivity contribution >= 4 is 0 Å². The minimum atomic E-state index is 0.242. The van der Waals surface area contributed by atoms with Crippen molar-refractivity contribution in [3.05, 3.63) is 29.1 Å². The highest BCUT2D eigenvalue weighted by molar-refractivity contribution is 5.10. The van der Waals surface area contributed by atoms with E-state index in [-0.39, 0.29) is 6.04 Å². The number of aryl methyl sites for hydroxylation is 2. The predicted octanol–water partition coefficient (Wildman–Crippen LogP) is 1.43. The Labute approximate surface area is 130 Å². The van der Waals surface area contributed by atoms with Crippen LogP contribution in [-0.4, -0.2) is 42.6 Å². The Balaban J connectivity index is 1.75. The molecule has 0 N–H and O–H groups in total. The first-order valence-electron chi connectivity index (χ1n) is 7.83. The van der Waals surface area contributed by atoms with E-state index < -0.39 is 0 Å². The van der Waals surface area contributed by atoms with Gasteiger partial charge in [0.05, 0.1) is 17.4 Å². The Bertz CT molecular complexity index is 646. The molecule has 120 valence electrons. The first-order valence-corrected chi connectivity index (χ1v) is 7.83. The summed E-state index contributed by atoms with van der Waals surface area (Å²) in [5, 5.41) is 13.1. The summed E-state index contributed by atoms with van der Waals surface area (Å²) in [6, 6.07) is 2.39. The summed E-state index contributed by atoms with van der Waals surface area (Å²) in [6.45, 7) is 10.2. The molecule has 7 nitrogen and oxygen atoms in total. The van der Waals surface area contributed by atoms with Gasteiger partial charge in [-0.05, 0) is 26.8 Å². The first kappa shape index (κ1) is 15.2. The van der Waals surface area contributed by atoms with Gasteiger partial charge < -0.3 is 9.30 Å². The van der Waals surface area contributed by atoms with E-state index in [9.17, 15) is 0 Å². The van der Waals surface area contributed by atoms with Crippen LogP contribution in [0.2, 0.25) is 0 Å². The molecule has 0 aromatic carbocycles. The summed E-state index contributed by atoms with van der Waals surface area (Å²) in [4.78, 5) is 2.42. The van der Waals surface area contributed by atoms with E-state index in [0.717, 1.165) is 37.0 Å². The maximum atomic E-state index is 5.47. The normalized spacial score (nSPS) is 18.6. The Hall–Kier alpha value is -1.73. The number of hydrogen-bond acceptors (Lipinski definition) is 5. The summed E-state index contributed by atoms with van der Waals surface area (Å²) < 4.78 is 9.63. The minimum Gasteiger partial charge on any atom is -0.374 e. The van der Waals surface area contributed by atoms with Crippen LogP contribution in [0.5, 0.6) is 0 Å². The van der Waals surface area contributed by atoms with Crippen LogP contribution in [0.25, 0.3) is 0 Å². The monoisotopic (exact) mass is 304 g/mol. The second-order valence-electron chi connectivity index (χ2n) is 5.81. The SMILES string of the molecule is CCOCc1nnc2n1CCN(Cc1cc(C)nn1C)[C@H]2C. The Morgan fingerprint density at radius 2 is 2.14 bits per heavy atom. The molecule has 1 aliphatic heterocycles. The van der Waals surface area contributed by atoms with Crippen LogP contribution in [-0.2, 0) is 31.5 Å². The number of aromatic nitrogens is 5. The van der Waals surface area contributed by atoms with Crippen molar-refractivity contribution in [3.63, 3.8) is 0 Å². The number of rotatable bonds is 5. The van der Waals surface area contributed by atoms with Gasteiger partial charge in [-0.1, -0.05) is 0 Å². The molecule has 2 aromatic rings. The highest BCUT2D eigenvalue weighted by Gasteiger charge is 2.28. The standard InChI is InChI=1S/C15H24N6O/c1-5-22-10-14-16-17-15-12(3)20(6-7-21(14)15)9-13-8-11(2)18-19(13)4/h8,12H,5-7,9-10H2,1-4H3/t12-/m0/s1. The fraction of sp³-hybridized carbons (Fsp3) is 0.667. The minimum absolute atomic E-state index is 0.242. The number of fused-ring (bicyclic) bond motifs is 1. The highest BCUT2D eigenvalue weighted by Crippen LogP contribution is 2.26. The summed E-state index contributed by atoms with van der Waals surface area (Å²) in [5.74, 6) is 1.96. The molecule has 0 spiro atoms. The third-order valence-electron chi connectivity index (χ3n) is 4.29. The third-order valence-corrected chi connectivity index (χ3v) is 4.29. The second kappa shape index (κ2) is 6.18. The van der Waals surface area contributed by atoms with E-state index in [1.165, 1.54) is 5.69 Å². The highest BCUT2D eigenvalue weighted by atomic mass is 16.5. The van der Waals surface area contributed by atoms with E-state index in [2.05, 4.69) is 37.8 Å². The molecule has 0 amide bonds. The van der Waals surface area contributed by atoms with Crippen molar-refractivity contribution in [3.8, 4) is 0 Å². The van der Waals surface area contributed by atoms with Gasteiger partial charge in [-0.3, -0.25) is 9.58 Å². The van der Waals surface area contributed by atoms with Crippen LogP contribution >= 0.6 is 0 Å². The Morgan fingerprint density at radius 3 is 2.82 bits per heavy atom. The van der Waals surface area contributed by atoms with Gasteiger partial charge in [-0.25, -0.2) is 0 Å². The molecule has 2 aromatic heterocycles. The average Bonchev–Trinajstić information content (AvgIpc) is 3.03. The number of ether oxygens (including phenoxy) is 1. The molecule has 22 heavy (non-hydrogen) atoms. The van der Waals surface area contributed by atoms with Crippen LogP contribution in [0.1, 0.15) is 42.9 Å². The fourth-order valence-corrected chi connectivity index (χ4v) is 3.02. The molecule has 0 saturated carbocycles. The Morgan fingerprint density at radius 1 is 1.32 bits per heavy atom. The molecule has 7 heteroatoms. The molecule has 1 aliphatic rings. The van der Waals surface area contributed by atoms with Gasteiger partial charge in [0, 0.05) is 33.3 Å². The molecule has 0 radical (unpaired) electrons. The van der Waals surface area contributed by atoms with Crippen LogP contribution in [0.15, 0.2) is 6.07 Å². The molecule has 1 atom stereocenters. The van der Waals surface area contributed by atoms with Crippen LogP contribution in [0.3, 0.4) is 0 Å². The lowest BCUT2D eigenvalue weighted by molar-refractivity contribution is 0.116. The zero-order valence-corrected chi connectivity index (χ0v) is 13.8. The van der Waals surface area contributed by atoms with Crippen molar-refractivity contribution in [1.82, 2.24) is 29.4 Å². The van der Waals surface area contributed by atoms with Gasteiger partial charge in [0.1, 0.15) is 12.4 Å². The molecule has 0 bridgehead atoms. The van der Waals surface area contributed by atoms with Gasteiger partial charge in [0.25, 0.3) is 0 Å². The average molecular weight is 304 g/mol. The molecule has 0 fully saturated rings.